The summed E-state index contributed by atoms with van der Waals surface area (Å²) in [4.78, 5) is 12.1. The zero-order chi connectivity index (χ0) is 19.6. The van der Waals surface area contributed by atoms with E-state index in [0.29, 0.717) is 17.2 Å². The van der Waals surface area contributed by atoms with Gasteiger partial charge in [-0.05, 0) is 24.3 Å². The highest BCUT2D eigenvalue weighted by atomic mass is 32.2. The van der Waals surface area contributed by atoms with Crippen molar-refractivity contribution >= 4 is 27.3 Å². The molecule has 2 aromatic rings. The van der Waals surface area contributed by atoms with Crippen LogP contribution in [0.15, 0.2) is 36.4 Å². The van der Waals surface area contributed by atoms with Crippen molar-refractivity contribution in [3.8, 4) is 11.5 Å². The first-order valence-electron chi connectivity index (χ1n) is 7.86. The molecule has 1 N–H and O–H groups in total. The average molecular weight is 398 g/mol. The molecule has 0 aliphatic carbocycles. The summed E-state index contributed by atoms with van der Waals surface area (Å²) in [6, 6.07) is 7.58. The van der Waals surface area contributed by atoms with Crippen molar-refractivity contribution in [1.82, 2.24) is 0 Å². The quantitative estimate of drug-likeness (QED) is 0.808. The number of nitrogens with zero attached hydrogens (tertiary/aromatic N) is 1. The summed E-state index contributed by atoms with van der Waals surface area (Å²) in [6.07, 6.45) is 0.825. The fourth-order valence-electron chi connectivity index (χ4n) is 2.53. The second-order valence-electron chi connectivity index (χ2n) is 5.80. The Morgan fingerprint density at radius 2 is 1.85 bits per heavy atom. The minimum absolute atomic E-state index is 0.0499. The number of anilines is 2. The van der Waals surface area contributed by atoms with Crippen molar-refractivity contribution in [1.29, 1.82) is 0 Å². The summed E-state index contributed by atoms with van der Waals surface area (Å²) in [6.45, 7) is -0.0950. The highest BCUT2D eigenvalue weighted by molar-refractivity contribution is 7.92. The van der Waals surface area contributed by atoms with Gasteiger partial charge in [-0.25, -0.2) is 17.2 Å². The van der Waals surface area contributed by atoms with Crippen LogP contribution >= 0.6 is 0 Å². The van der Waals surface area contributed by atoms with Gasteiger partial charge in [-0.3, -0.25) is 9.10 Å². The van der Waals surface area contributed by atoms with Crippen LogP contribution < -0.4 is 19.1 Å². The molecule has 0 atom stereocenters. The lowest BCUT2D eigenvalue weighted by molar-refractivity contribution is -0.116. The van der Waals surface area contributed by atoms with Gasteiger partial charge in [0.15, 0.2) is 23.1 Å². The second-order valence-corrected chi connectivity index (χ2v) is 7.71. The number of carbonyl (C=O) groups excluding carboxylic acids is 1. The molecule has 144 valence electrons. The zero-order valence-electron chi connectivity index (χ0n) is 14.2. The molecule has 0 bridgehead atoms. The zero-order valence-corrected chi connectivity index (χ0v) is 15.1. The summed E-state index contributed by atoms with van der Waals surface area (Å²) in [5, 5.41) is 2.40. The third-order valence-electron chi connectivity index (χ3n) is 3.79. The van der Waals surface area contributed by atoms with E-state index in [9.17, 15) is 22.0 Å². The van der Waals surface area contributed by atoms with Crippen LogP contribution in [-0.2, 0) is 14.8 Å². The highest BCUT2D eigenvalue weighted by Crippen LogP contribution is 2.36. The van der Waals surface area contributed by atoms with Gasteiger partial charge in [0.25, 0.3) is 0 Å². The molecular weight excluding hydrogens is 382 g/mol. The van der Waals surface area contributed by atoms with Crippen molar-refractivity contribution in [2.45, 2.75) is 6.42 Å². The Labute approximate surface area is 154 Å². The standard InChI is InChI=1S/C17H16F2N2O5S/c1-27(23,24)21(12-3-5-15-16(9-12)26-10-25-15)7-6-17(22)20-11-2-4-13(18)14(19)8-11/h2-5,8-9H,6-7,10H2,1H3,(H,20,22). The lowest BCUT2D eigenvalue weighted by Crippen LogP contribution is -2.33. The first-order valence-corrected chi connectivity index (χ1v) is 9.71. The molecule has 2 aromatic carbocycles. The van der Waals surface area contributed by atoms with Crippen molar-refractivity contribution in [3.63, 3.8) is 0 Å². The Morgan fingerprint density at radius 1 is 1.11 bits per heavy atom. The molecule has 0 fully saturated rings. The van der Waals surface area contributed by atoms with Crippen LogP contribution in [0.2, 0.25) is 0 Å². The number of nitrogens with one attached hydrogen (secondary N) is 1. The molecule has 0 unspecified atom stereocenters. The second kappa shape index (κ2) is 7.39. The molecule has 3 rings (SSSR count). The largest absolute Gasteiger partial charge is 0.454 e. The third-order valence-corrected chi connectivity index (χ3v) is 4.98. The molecule has 10 heteroatoms. The minimum Gasteiger partial charge on any atom is -0.454 e. The van der Waals surface area contributed by atoms with E-state index >= 15 is 0 Å². The minimum atomic E-state index is -3.67. The predicted octanol–water partition coefficient (Wildman–Crippen LogP) is 2.49. The molecular formula is C17H16F2N2O5S. The maximum Gasteiger partial charge on any atom is 0.232 e. The van der Waals surface area contributed by atoms with E-state index in [0.717, 1.165) is 22.7 Å². The van der Waals surface area contributed by atoms with Crippen LogP contribution in [0, 0.1) is 11.6 Å². The van der Waals surface area contributed by atoms with E-state index in [2.05, 4.69) is 5.32 Å². The first-order chi connectivity index (χ1) is 12.7. The number of carbonyl (C=O) groups is 1. The number of hydrogen-bond donors (Lipinski definition) is 1. The molecule has 1 amide bonds. The number of rotatable bonds is 6. The molecule has 0 saturated heterocycles. The van der Waals surface area contributed by atoms with Crippen LogP contribution in [0.5, 0.6) is 11.5 Å². The van der Waals surface area contributed by atoms with E-state index in [4.69, 9.17) is 9.47 Å². The normalized spacial score (nSPS) is 12.7. The Kier molecular flexibility index (Phi) is 5.17. The lowest BCUT2D eigenvalue weighted by Gasteiger charge is -2.22. The van der Waals surface area contributed by atoms with Crippen LogP contribution in [0.4, 0.5) is 20.2 Å². The van der Waals surface area contributed by atoms with E-state index in [-0.39, 0.29) is 25.4 Å². The van der Waals surface area contributed by atoms with Crippen LogP contribution in [-0.4, -0.2) is 33.9 Å². The monoisotopic (exact) mass is 398 g/mol. The van der Waals surface area contributed by atoms with Gasteiger partial charge in [-0.15, -0.1) is 0 Å². The summed E-state index contributed by atoms with van der Waals surface area (Å²) in [7, 11) is -3.67. The number of benzene rings is 2. The SMILES string of the molecule is CS(=O)(=O)N(CCC(=O)Nc1ccc(F)c(F)c1)c1ccc2c(c1)OCO2. The molecule has 0 aromatic heterocycles. The number of ether oxygens (including phenoxy) is 2. The van der Waals surface area contributed by atoms with Crippen molar-refractivity contribution in [3.05, 3.63) is 48.0 Å². The molecule has 0 saturated carbocycles. The summed E-state index contributed by atoms with van der Waals surface area (Å²) >= 11 is 0. The fraction of sp³-hybridized carbons (Fsp3) is 0.235. The predicted molar refractivity (Wildman–Crippen MR) is 94.4 cm³/mol. The van der Waals surface area contributed by atoms with Gasteiger partial charge < -0.3 is 14.8 Å². The van der Waals surface area contributed by atoms with Crippen LogP contribution in [0.3, 0.4) is 0 Å². The van der Waals surface area contributed by atoms with E-state index < -0.39 is 27.6 Å². The highest BCUT2D eigenvalue weighted by Gasteiger charge is 2.22. The maximum atomic E-state index is 13.2. The van der Waals surface area contributed by atoms with Crippen molar-refractivity contribution in [2.24, 2.45) is 0 Å². The molecule has 1 heterocycles. The molecule has 7 nitrogen and oxygen atoms in total. The number of halogens is 2. The molecule has 1 aliphatic heterocycles. The lowest BCUT2D eigenvalue weighted by atomic mass is 10.2. The summed E-state index contributed by atoms with van der Waals surface area (Å²) in [5.74, 6) is -1.75. The van der Waals surface area contributed by atoms with Gasteiger partial charge in [-0.1, -0.05) is 0 Å². The van der Waals surface area contributed by atoms with Gasteiger partial charge in [-0.2, -0.15) is 0 Å². The Hall–Kier alpha value is -2.88. The van der Waals surface area contributed by atoms with E-state index in [1.165, 1.54) is 12.1 Å². The van der Waals surface area contributed by atoms with E-state index in [1.54, 1.807) is 12.1 Å². The Balaban J connectivity index is 1.70. The number of sulfonamides is 1. The molecule has 27 heavy (non-hydrogen) atoms. The molecule has 0 spiro atoms. The summed E-state index contributed by atoms with van der Waals surface area (Å²) in [5.41, 5.74) is 0.398. The topological polar surface area (TPSA) is 84.9 Å². The summed E-state index contributed by atoms with van der Waals surface area (Å²) < 4.78 is 61.8. The molecule has 0 radical (unpaired) electrons. The smallest absolute Gasteiger partial charge is 0.232 e. The third kappa shape index (κ3) is 4.45. The Morgan fingerprint density at radius 3 is 2.56 bits per heavy atom. The Bertz CT molecular complexity index is 981. The van der Waals surface area contributed by atoms with Crippen LogP contribution in [0.1, 0.15) is 6.42 Å². The van der Waals surface area contributed by atoms with Gasteiger partial charge in [0.05, 0.1) is 11.9 Å². The van der Waals surface area contributed by atoms with Crippen LogP contribution in [0.25, 0.3) is 0 Å². The average Bonchev–Trinajstić information content (AvgIpc) is 3.05. The van der Waals surface area contributed by atoms with Gasteiger partial charge in [0, 0.05) is 30.8 Å². The van der Waals surface area contributed by atoms with Gasteiger partial charge in [0.2, 0.25) is 22.7 Å². The molecule has 1 aliphatic rings. The number of amides is 1. The van der Waals surface area contributed by atoms with Gasteiger partial charge >= 0.3 is 0 Å². The van der Waals surface area contributed by atoms with Crippen molar-refractivity contribution in [2.75, 3.05) is 29.2 Å². The number of fused-ring (bicyclic) bond motifs is 1. The number of hydrogen-bond acceptors (Lipinski definition) is 5. The van der Waals surface area contributed by atoms with Crippen molar-refractivity contribution < 1.29 is 31.5 Å². The van der Waals surface area contributed by atoms with Gasteiger partial charge in [0.1, 0.15) is 0 Å². The fourth-order valence-corrected chi connectivity index (χ4v) is 3.45. The van der Waals surface area contributed by atoms with E-state index in [1.807, 2.05) is 0 Å². The maximum absolute atomic E-state index is 13.2. The first kappa shape index (κ1) is 18.9.